The number of ether oxygens (including phenoxy) is 1. The SMILES string of the molecule is CCCCC(CC)COC(=O)C(=O)CC(CC)CCCC.[NaH]. The van der Waals surface area contributed by atoms with Crippen LogP contribution in [0.5, 0.6) is 0 Å². The van der Waals surface area contributed by atoms with Crippen molar-refractivity contribution in [2.45, 2.75) is 85.5 Å². The fourth-order valence-corrected chi connectivity index (χ4v) is 2.46. The quantitative estimate of drug-likeness (QED) is 0.289. The van der Waals surface area contributed by atoms with Gasteiger partial charge in [0, 0.05) is 6.42 Å². The van der Waals surface area contributed by atoms with Gasteiger partial charge in [-0.2, -0.15) is 0 Å². The van der Waals surface area contributed by atoms with Crippen LogP contribution >= 0.6 is 0 Å². The van der Waals surface area contributed by atoms with Crippen LogP contribution in [0.1, 0.15) is 85.5 Å². The van der Waals surface area contributed by atoms with Gasteiger partial charge in [0.2, 0.25) is 5.78 Å². The van der Waals surface area contributed by atoms with Crippen molar-refractivity contribution in [2.75, 3.05) is 6.61 Å². The van der Waals surface area contributed by atoms with E-state index in [1.165, 1.54) is 0 Å². The molecule has 2 unspecified atom stereocenters. The normalized spacial score (nSPS) is 13.1. The van der Waals surface area contributed by atoms with Crippen LogP contribution in [0.15, 0.2) is 0 Å². The minimum absolute atomic E-state index is 0. The van der Waals surface area contributed by atoms with Crippen molar-refractivity contribution >= 4 is 41.3 Å². The van der Waals surface area contributed by atoms with Crippen LogP contribution in [0.4, 0.5) is 0 Å². The summed E-state index contributed by atoms with van der Waals surface area (Å²) in [5.41, 5.74) is 0. The molecule has 0 aliphatic carbocycles. The zero-order valence-electron chi connectivity index (χ0n) is 14.5. The number of hydrogen-bond donors (Lipinski definition) is 0. The molecule has 0 aromatic carbocycles. The van der Waals surface area contributed by atoms with Gasteiger partial charge in [-0.05, 0) is 18.3 Å². The van der Waals surface area contributed by atoms with Crippen LogP contribution in [0, 0.1) is 11.8 Å². The molecule has 0 rings (SSSR count). The molecule has 0 heterocycles. The average Bonchev–Trinajstić information content (AvgIpc) is 2.50. The fourth-order valence-electron chi connectivity index (χ4n) is 2.46. The zero-order valence-corrected chi connectivity index (χ0v) is 14.5. The maximum absolute atomic E-state index is 11.9. The number of rotatable bonds is 13. The molecular formula is C18H35NaO3. The molecule has 0 fully saturated rings. The molecule has 0 saturated heterocycles. The standard InChI is InChI=1S/C18H34O3.Na.H/c1-5-9-11-15(7-3)13-17(19)18(20)21-14-16(8-4)12-10-6-2;;/h15-16H,5-14H2,1-4H3;;. The summed E-state index contributed by atoms with van der Waals surface area (Å²) in [5, 5.41) is 0. The Morgan fingerprint density at radius 2 is 1.36 bits per heavy atom. The first-order valence-electron chi connectivity index (χ1n) is 8.78. The van der Waals surface area contributed by atoms with Crippen LogP contribution < -0.4 is 0 Å². The van der Waals surface area contributed by atoms with Crippen molar-refractivity contribution in [1.82, 2.24) is 0 Å². The molecule has 0 aliphatic rings. The summed E-state index contributed by atoms with van der Waals surface area (Å²) in [6.07, 6.45) is 8.95. The van der Waals surface area contributed by atoms with E-state index >= 15 is 0 Å². The van der Waals surface area contributed by atoms with Crippen molar-refractivity contribution in [3.05, 3.63) is 0 Å². The summed E-state index contributed by atoms with van der Waals surface area (Å²) >= 11 is 0. The second-order valence-electron chi connectivity index (χ2n) is 6.06. The van der Waals surface area contributed by atoms with E-state index in [1.807, 2.05) is 0 Å². The summed E-state index contributed by atoms with van der Waals surface area (Å²) in [4.78, 5) is 23.7. The van der Waals surface area contributed by atoms with Crippen LogP contribution in [0.2, 0.25) is 0 Å². The molecule has 0 amide bonds. The molecule has 22 heavy (non-hydrogen) atoms. The second-order valence-corrected chi connectivity index (χ2v) is 6.06. The van der Waals surface area contributed by atoms with Gasteiger partial charge in [-0.15, -0.1) is 0 Å². The van der Waals surface area contributed by atoms with Crippen molar-refractivity contribution in [2.24, 2.45) is 11.8 Å². The maximum atomic E-state index is 11.9. The van der Waals surface area contributed by atoms with Gasteiger partial charge >= 0.3 is 35.5 Å². The molecule has 0 aromatic rings. The number of carbonyl (C=O) groups excluding carboxylic acids is 2. The van der Waals surface area contributed by atoms with Crippen molar-refractivity contribution in [3.63, 3.8) is 0 Å². The number of Topliss-reactive ketones (excluding diaryl/α,β-unsaturated/α-hetero) is 1. The first-order valence-corrected chi connectivity index (χ1v) is 8.78. The van der Waals surface area contributed by atoms with E-state index in [-0.39, 0.29) is 35.3 Å². The molecule has 0 spiro atoms. The van der Waals surface area contributed by atoms with Gasteiger partial charge < -0.3 is 4.74 Å². The second kappa shape index (κ2) is 16.0. The average molecular weight is 322 g/mol. The Hall–Kier alpha value is 0.140. The monoisotopic (exact) mass is 322 g/mol. The van der Waals surface area contributed by atoms with Crippen molar-refractivity contribution in [1.29, 1.82) is 0 Å². The summed E-state index contributed by atoms with van der Waals surface area (Å²) in [7, 11) is 0. The van der Waals surface area contributed by atoms with E-state index in [0.29, 0.717) is 24.9 Å². The first-order chi connectivity index (χ1) is 10.1. The summed E-state index contributed by atoms with van der Waals surface area (Å²) in [6, 6.07) is 0. The Labute approximate surface area is 159 Å². The Morgan fingerprint density at radius 3 is 1.82 bits per heavy atom. The topological polar surface area (TPSA) is 43.4 Å². The molecule has 126 valence electrons. The minimum atomic E-state index is -0.625. The third-order valence-electron chi connectivity index (χ3n) is 4.24. The molecular weight excluding hydrogens is 287 g/mol. The Balaban J connectivity index is 0. The summed E-state index contributed by atoms with van der Waals surface area (Å²) in [6.45, 7) is 8.88. The molecule has 0 radical (unpaired) electrons. The Kier molecular flexibility index (Phi) is 17.8. The van der Waals surface area contributed by atoms with Crippen molar-refractivity contribution < 1.29 is 14.3 Å². The van der Waals surface area contributed by atoms with Gasteiger partial charge in [-0.3, -0.25) is 4.79 Å². The number of unbranched alkanes of at least 4 members (excludes halogenated alkanes) is 2. The van der Waals surface area contributed by atoms with Gasteiger partial charge in [0.05, 0.1) is 6.61 Å². The van der Waals surface area contributed by atoms with Crippen LogP contribution in [-0.2, 0) is 14.3 Å². The molecule has 0 N–H and O–H groups in total. The Morgan fingerprint density at radius 1 is 0.864 bits per heavy atom. The van der Waals surface area contributed by atoms with Gasteiger partial charge in [0.25, 0.3) is 0 Å². The molecule has 0 bridgehead atoms. The molecule has 4 heteroatoms. The van der Waals surface area contributed by atoms with E-state index in [4.69, 9.17) is 4.74 Å². The number of ketones is 1. The molecule has 0 aromatic heterocycles. The molecule has 0 aliphatic heterocycles. The third-order valence-corrected chi connectivity index (χ3v) is 4.24. The van der Waals surface area contributed by atoms with E-state index in [9.17, 15) is 9.59 Å². The van der Waals surface area contributed by atoms with E-state index in [1.54, 1.807) is 0 Å². The number of carbonyl (C=O) groups is 2. The Bertz CT molecular complexity index is 292. The van der Waals surface area contributed by atoms with Gasteiger partial charge in [-0.1, -0.05) is 72.6 Å². The predicted octanol–water partition coefficient (Wildman–Crippen LogP) is 4.27. The molecule has 0 saturated carbocycles. The van der Waals surface area contributed by atoms with Crippen LogP contribution in [0.25, 0.3) is 0 Å². The third kappa shape index (κ3) is 11.7. The van der Waals surface area contributed by atoms with Gasteiger partial charge in [-0.25, -0.2) is 4.79 Å². The van der Waals surface area contributed by atoms with Crippen molar-refractivity contribution in [3.8, 4) is 0 Å². The van der Waals surface area contributed by atoms with Gasteiger partial charge in [0.1, 0.15) is 0 Å². The van der Waals surface area contributed by atoms with Crippen LogP contribution in [0.3, 0.4) is 0 Å². The summed E-state index contributed by atoms with van der Waals surface area (Å²) < 4.78 is 5.22. The van der Waals surface area contributed by atoms with Crippen LogP contribution in [-0.4, -0.2) is 47.9 Å². The number of esters is 1. The van der Waals surface area contributed by atoms with E-state index < -0.39 is 5.97 Å². The van der Waals surface area contributed by atoms with Gasteiger partial charge in [0.15, 0.2) is 0 Å². The zero-order chi connectivity index (χ0) is 16.1. The predicted molar refractivity (Wildman–Crippen MR) is 94.3 cm³/mol. The first kappa shape index (κ1) is 24.4. The van der Waals surface area contributed by atoms with E-state index in [2.05, 4.69) is 27.7 Å². The number of hydrogen-bond acceptors (Lipinski definition) is 3. The fraction of sp³-hybridized carbons (Fsp3) is 0.889. The summed E-state index contributed by atoms with van der Waals surface area (Å²) in [5.74, 6) is -0.251. The van der Waals surface area contributed by atoms with E-state index in [0.717, 1.165) is 51.4 Å². The molecule has 2 atom stereocenters. The molecule has 3 nitrogen and oxygen atoms in total.